The fourth-order valence-corrected chi connectivity index (χ4v) is 4.23. The van der Waals surface area contributed by atoms with Gasteiger partial charge in [0.25, 0.3) is 0 Å². The number of aryl methyl sites for hydroxylation is 1. The smallest absolute Gasteiger partial charge is 0.0454 e. The van der Waals surface area contributed by atoms with Gasteiger partial charge < -0.3 is 5.73 Å². The molecule has 3 rings (SSSR count). The third kappa shape index (κ3) is 2.48. The Balaban J connectivity index is 1.68. The number of benzene rings is 1. The zero-order valence-corrected chi connectivity index (χ0v) is 11.6. The number of rotatable bonds is 4. The van der Waals surface area contributed by atoms with Crippen LogP contribution in [0.25, 0.3) is 9.40 Å². The van der Waals surface area contributed by atoms with E-state index < -0.39 is 0 Å². The van der Waals surface area contributed by atoms with Crippen molar-refractivity contribution in [2.24, 2.45) is 5.73 Å². The van der Waals surface area contributed by atoms with Gasteiger partial charge in [0.2, 0.25) is 0 Å². The molecule has 1 aromatic carbocycles. The molecule has 3 aromatic rings. The summed E-state index contributed by atoms with van der Waals surface area (Å²) in [7, 11) is 0. The van der Waals surface area contributed by atoms with Gasteiger partial charge in [0.15, 0.2) is 0 Å². The first-order valence-electron chi connectivity index (χ1n) is 6.09. The fourth-order valence-electron chi connectivity index (χ4n) is 2.08. The second kappa shape index (κ2) is 5.22. The van der Waals surface area contributed by atoms with Crippen LogP contribution < -0.4 is 5.73 Å². The quantitative estimate of drug-likeness (QED) is 0.739. The first-order valence-corrected chi connectivity index (χ1v) is 7.79. The van der Waals surface area contributed by atoms with Gasteiger partial charge in [0, 0.05) is 20.3 Å². The lowest BCUT2D eigenvalue weighted by molar-refractivity contribution is 0.662. The highest BCUT2D eigenvalue weighted by atomic mass is 32.1. The zero-order chi connectivity index (χ0) is 12.4. The van der Waals surface area contributed by atoms with Crippen LogP contribution in [0.15, 0.2) is 47.8 Å². The summed E-state index contributed by atoms with van der Waals surface area (Å²) in [5.41, 5.74) is 7.65. The van der Waals surface area contributed by atoms with E-state index in [1.54, 1.807) is 11.3 Å². The van der Waals surface area contributed by atoms with E-state index in [2.05, 4.69) is 47.8 Å². The Morgan fingerprint density at radius 2 is 1.89 bits per heavy atom. The van der Waals surface area contributed by atoms with Crippen LogP contribution in [0.5, 0.6) is 0 Å². The molecule has 0 saturated heterocycles. The summed E-state index contributed by atoms with van der Waals surface area (Å²) in [6, 6.07) is 15.1. The van der Waals surface area contributed by atoms with E-state index in [0.29, 0.717) is 0 Å². The van der Waals surface area contributed by atoms with Gasteiger partial charge in [-0.3, -0.25) is 0 Å². The third-order valence-corrected chi connectivity index (χ3v) is 5.34. The fraction of sp³-hybridized carbons (Fsp3) is 0.200. The third-order valence-electron chi connectivity index (χ3n) is 3.11. The van der Waals surface area contributed by atoms with Crippen molar-refractivity contribution in [2.75, 3.05) is 0 Å². The van der Waals surface area contributed by atoms with Crippen LogP contribution in [0.2, 0.25) is 0 Å². The second-order valence-corrected chi connectivity index (χ2v) is 6.49. The number of thiophene rings is 2. The minimum absolute atomic E-state index is 0.162. The topological polar surface area (TPSA) is 26.0 Å². The van der Waals surface area contributed by atoms with Gasteiger partial charge in [0.1, 0.15) is 0 Å². The van der Waals surface area contributed by atoms with Crippen LogP contribution in [-0.2, 0) is 6.42 Å². The Kier molecular flexibility index (Phi) is 3.46. The molecule has 0 aliphatic heterocycles. The van der Waals surface area contributed by atoms with E-state index in [1.807, 2.05) is 11.3 Å². The average Bonchev–Trinajstić information content (AvgIpc) is 2.98. The van der Waals surface area contributed by atoms with Crippen LogP contribution in [0.1, 0.15) is 22.9 Å². The van der Waals surface area contributed by atoms with Crippen molar-refractivity contribution in [3.63, 3.8) is 0 Å². The Hall–Kier alpha value is -1.16. The molecule has 0 radical (unpaired) electrons. The summed E-state index contributed by atoms with van der Waals surface area (Å²) in [6.45, 7) is 0. The zero-order valence-electron chi connectivity index (χ0n) is 10.0. The maximum absolute atomic E-state index is 6.28. The van der Waals surface area contributed by atoms with Crippen molar-refractivity contribution >= 4 is 32.1 Å². The molecule has 0 bridgehead atoms. The lowest BCUT2D eigenvalue weighted by atomic mass is 10.1. The standard InChI is InChI=1S/C15H15NS2/c16-12(7-6-11-4-2-1-3-5-11)14-10-15-13(18-14)8-9-17-15/h1-5,8-10,12H,6-7,16H2. The van der Waals surface area contributed by atoms with Crippen molar-refractivity contribution in [3.8, 4) is 0 Å². The predicted octanol–water partition coefficient (Wildman–Crippen LogP) is 4.60. The van der Waals surface area contributed by atoms with Crippen LogP contribution >= 0.6 is 22.7 Å². The maximum Gasteiger partial charge on any atom is 0.0454 e. The minimum Gasteiger partial charge on any atom is -0.323 e. The van der Waals surface area contributed by atoms with E-state index >= 15 is 0 Å². The summed E-state index contributed by atoms with van der Waals surface area (Å²) in [4.78, 5) is 1.31. The first-order chi connectivity index (χ1) is 8.83. The summed E-state index contributed by atoms with van der Waals surface area (Å²) in [5, 5.41) is 2.14. The molecule has 2 heterocycles. The lowest BCUT2D eigenvalue weighted by Gasteiger charge is -2.09. The molecular formula is C15H15NS2. The predicted molar refractivity (Wildman–Crippen MR) is 81.4 cm³/mol. The molecule has 92 valence electrons. The van der Waals surface area contributed by atoms with Crippen molar-refractivity contribution in [1.29, 1.82) is 0 Å². The molecule has 0 fully saturated rings. The highest BCUT2D eigenvalue weighted by Crippen LogP contribution is 2.33. The molecule has 0 spiro atoms. The van der Waals surface area contributed by atoms with E-state index in [1.165, 1.54) is 19.8 Å². The first kappa shape index (κ1) is 11.9. The van der Waals surface area contributed by atoms with Crippen LogP contribution in [0.3, 0.4) is 0 Å². The van der Waals surface area contributed by atoms with Gasteiger partial charge in [-0.2, -0.15) is 0 Å². The number of hydrogen-bond donors (Lipinski definition) is 1. The molecule has 0 amide bonds. The van der Waals surface area contributed by atoms with Crippen LogP contribution in [-0.4, -0.2) is 0 Å². The van der Waals surface area contributed by atoms with Crippen LogP contribution in [0, 0.1) is 0 Å². The highest BCUT2D eigenvalue weighted by molar-refractivity contribution is 7.26. The molecular weight excluding hydrogens is 258 g/mol. The maximum atomic E-state index is 6.28. The molecule has 1 unspecified atom stereocenters. The van der Waals surface area contributed by atoms with E-state index in [9.17, 15) is 0 Å². The van der Waals surface area contributed by atoms with Gasteiger partial charge in [0.05, 0.1) is 0 Å². The van der Waals surface area contributed by atoms with E-state index in [-0.39, 0.29) is 6.04 Å². The molecule has 18 heavy (non-hydrogen) atoms. The van der Waals surface area contributed by atoms with Crippen molar-refractivity contribution in [3.05, 3.63) is 58.3 Å². The summed E-state index contributed by atoms with van der Waals surface area (Å²) in [5.74, 6) is 0. The molecule has 1 atom stereocenters. The molecule has 0 aliphatic rings. The molecule has 3 heteroatoms. The highest BCUT2D eigenvalue weighted by Gasteiger charge is 2.10. The second-order valence-electron chi connectivity index (χ2n) is 4.43. The summed E-state index contributed by atoms with van der Waals surface area (Å²) in [6.07, 6.45) is 2.06. The Labute approximate surface area is 115 Å². The lowest BCUT2D eigenvalue weighted by Crippen LogP contribution is -2.09. The Bertz CT molecular complexity index is 596. The molecule has 2 N–H and O–H groups in total. The SMILES string of the molecule is NC(CCc1ccccc1)c1cc2sccc2s1. The van der Waals surface area contributed by atoms with Gasteiger partial charge >= 0.3 is 0 Å². The minimum atomic E-state index is 0.162. The van der Waals surface area contributed by atoms with E-state index in [4.69, 9.17) is 5.73 Å². The summed E-state index contributed by atoms with van der Waals surface area (Å²) < 4.78 is 2.73. The van der Waals surface area contributed by atoms with Gasteiger partial charge in [-0.25, -0.2) is 0 Å². The normalized spacial score (nSPS) is 12.9. The van der Waals surface area contributed by atoms with Crippen molar-refractivity contribution in [1.82, 2.24) is 0 Å². The largest absolute Gasteiger partial charge is 0.323 e. The van der Waals surface area contributed by atoms with E-state index in [0.717, 1.165) is 12.8 Å². The Morgan fingerprint density at radius 1 is 1.06 bits per heavy atom. The average molecular weight is 273 g/mol. The number of fused-ring (bicyclic) bond motifs is 1. The molecule has 2 aromatic heterocycles. The number of nitrogens with two attached hydrogens (primary N) is 1. The Morgan fingerprint density at radius 3 is 2.67 bits per heavy atom. The van der Waals surface area contributed by atoms with Crippen molar-refractivity contribution < 1.29 is 0 Å². The van der Waals surface area contributed by atoms with Gasteiger partial charge in [-0.15, -0.1) is 22.7 Å². The van der Waals surface area contributed by atoms with Gasteiger partial charge in [-0.05, 0) is 35.9 Å². The summed E-state index contributed by atoms with van der Waals surface area (Å²) >= 11 is 3.63. The number of hydrogen-bond acceptors (Lipinski definition) is 3. The molecule has 1 nitrogen and oxygen atoms in total. The molecule has 0 saturated carbocycles. The molecule has 0 aliphatic carbocycles. The van der Waals surface area contributed by atoms with Crippen LogP contribution in [0.4, 0.5) is 0 Å². The van der Waals surface area contributed by atoms with Gasteiger partial charge in [-0.1, -0.05) is 30.3 Å². The van der Waals surface area contributed by atoms with Crippen molar-refractivity contribution in [2.45, 2.75) is 18.9 Å². The monoisotopic (exact) mass is 273 g/mol.